The van der Waals surface area contributed by atoms with E-state index in [1.54, 1.807) is 6.20 Å². The Morgan fingerprint density at radius 1 is 0.971 bits per heavy atom. The van der Waals surface area contributed by atoms with Gasteiger partial charge in [0.05, 0.1) is 12.2 Å². The fourth-order valence-electron chi connectivity index (χ4n) is 4.36. The SMILES string of the molecule is CCCc1c(C)n(-c2ccccc2)c(=O)n1Cc1ccc(-c2cccnc2-c2nnn[nH]2)cc1. The molecule has 0 radical (unpaired) electrons. The highest BCUT2D eigenvalue weighted by molar-refractivity contribution is 5.77. The molecule has 8 heteroatoms. The van der Waals surface area contributed by atoms with E-state index in [0.717, 1.165) is 46.6 Å². The average molecular weight is 452 g/mol. The number of hydrogen-bond donors (Lipinski definition) is 1. The maximum atomic E-state index is 13.5. The zero-order chi connectivity index (χ0) is 23.5. The summed E-state index contributed by atoms with van der Waals surface area (Å²) in [6.07, 6.45) is 3.54. The van der Waals surface area contributed by atoms with Crippen LogP contribution >= 0.6 is 0 Å². The molecule has 1 N–H and O–H groups in total. The van der Waals surface area contributed by atoms with Gasteiger partial charge in [-0.05, 0) is 53.1 Å². The lowest BCUT2D eigenvalue weighted by atomic mass is 10.0. The second kappa shape index (κ2) is 9.27. The number of imidazole rings is 1. The van der Waals surface area contributed by atoms with E-state index in [2.05, 4.69) is 44.7 Å². The van der Waals surface area contributed by atoms with Crippen LogP contribution < -0.4 is 5.69 Å². The minimum Gasteiger partial charge on any atom is -0.291 e. The third-order valence-electron chi connectivity index (χ3n) is 5.99. The van der Waals surface area contributed by atoms with Crippen molar-refractivity contribution in [3.8, 4) is 28.3 Å². The number of aromatic nitrogens is 7. The normalized spacial score (nSPS) is 11.1. The molecule has 34 heavy (non-hydrogen) atoms. The number of H-pyrrole nitrogens is 1. The Kier molecular flexibility index (Phi) is 5.86. The molecule has 0 aliphatic rings. The molecular weight excluding hydrogens is 426 g/mol. The molecule has 0 amide bonds. The van der Waals surface area contributed by atoms with Crippen LogP contribution in [0.15, 0.2) is 77.7 Å². The number of hydrogen-bond acceptors (Lipinski definition) is 5. The van der Waals surface area contributed by atoms with E-state index < -0.39 is 0 Å². The van der Waals surface area contributed by atoms with Gasteiger partial charge in [-0.1, -0.05) is 61.9 Å². The lowest BCUT2D eigenvalue weighted by Crippen LogP contribution is -2.25. The van der Waals surface area contributed by atoms with Gasteiger partial charge in [0, 0.05) is 23.1 Å². The summed E-state index contributed by atoms with van der Waals surface area (Å²) in [5.74, 6) is 0.521. The standard InChI is InChI=1S/C26H25N7O/c1-3-8-23-18(2)33(21-9-5-4-6-10-21)26(34)32(23)17-19-12-14-20(15-13-19)22-11-7-16-27-24(22)25-28-30-31-29-25/h4-7,9-16H,3,8,17H2,1-2H3,(H,28,29,30,31). The van der Waals surface area contributed by atoms with Crippen LogP contribution in [0, 0.1) is 6.92 Å². The van der Waals surface area contributed by atoms with Crippen molar-refractivity contribution < 1.29 is 0 Å². The molecule has 0 saturated carbocycles. The largest absolute Gasteiger partial charge is 0.333 e. The fourth-order valence-corrected chi connectivity index (χ4v) is 4.36. The van der Waals surface area contributed by atoms with Crippen LogP contribution in [0.4, 0.5) is 0 Å². The van der Waals surface area contributed by atoms with Gasteiger partial charge in [0.15, 0.2) is 5.82 Å². The highest BCUT2D eigenvalue weighted by Gasteiger charge is 2.18. The molecule has 0 saturated heterocycles. The molecule has 0 aliphatic carbocycles. The van der Waals surface area contributed by atoms with Crippen molar-refractivity contribution in [1.82, 2.24) is 34.7 Å². The molecule has 0 spiro atoms. The van der Waals surface area contributed by atoms with Gasteiger partial charge in [-0.2, -0.15) is 0 Å². The molecule has 0 bridgehead atoms. The summed E-state index contributed by atoms with van der Waals surface area (Å²) in [6.45, 7) is 4.68. The Hall–Kier alpha value is -4.33. The van der Waals surface area contributed by atoms with Gasteiger partial charge in [-0.15, -0.1) is 5.10 Å². The van der Waals surface area contributed by atoms with Gasteiger partial charge in [-0.3, -0.25) is 14.1 Å². The maximum absolute atomic E-state index is 13.5. The molecule has 8 nitrogen and oxygen atoms in total. The Morgan fingerprint density at radius 2 is 1.76 bits per heavy atom. The molecule has 2 aromatic carbocycles. The van der Waals surface area contributed by atoms with Crippen molar-refractivity contribution in [2.75, 3.05) is 0 Å². The van der Waals surface area contributed by atoms with Crippen LogP contribution in [0.5, 0.6) is 0 Å². The Morgan fingerprint density at radius 3 is 2.47 bits per heavy atom. The molecule has 0 unspecified atom stereocenters. The predicted octanol–water partition coefficient (Wildman–Crippen LogP) is 4.19. The molecule has 5 aromatic rings. The first-order chi connectivity index (χ1) is 16.7. The lowest BCUT2D eigenvalue weighted by Gasteiger charge is -2.10. The minimum absolute atomic E-state index is 0.0106. The van der Waals surface area contributed by atoms with Crippen molar-refractivity contribution in [2.24, 2.45) is 0 Å². The van der Waals surface area contributed by atoms with E-state index >= 15 is 0 Å². The quantitative estimate of drug-likeness (QED) is 0.400. The third kappa shape index (κ3) is 3.94. The Balaban J connectivity index is 1.50. The number of pyridine rings is 1. The van der Waals surface area contributed by atoms with Crippen molar-refractivity contribution in [3.63, 3.8) is 0 Å². The van der Waals surface area contributed by atoms with Gasteiger partial charge >= 0.3 is 5.69 Å². The summed E-state index contributed by atoms with van der Waals surface area (Å²) in [4.78, 5) is 17.9. The number of nitrogens with one attached hydrogen (secondary N) is 1. The molecular formula is C26H25N7O. The second-order valence-corrected chi connectivity index (χ2v) is 8.17. The van der Waals surface area contributed by atoms with Crippen LogP contribution in [0.3, 0.4) is 0 Å². The van der Waals surface area contributed by atoms with Crippen molar-refractivity contribution >= 4 is 0 Å². The first kappa shape index (κ1) is 21.5. The molecule has 0 aliphatic heterocycles. The number of aromatic amines is 1. The van der Waals surface area contributed by atoms with Crippen LogP contribution in [-0.4, -0.2) is 34.7 Å². The average Bonchev–Trinajstić information content (AvgIpc) is 3.49. The summed E-state index contributed by atoms with van der Waals surface area (Å²) in [6, 6.07) is 21.9. The molecule has 170 valence electrons. The van der Waals surface area contributed by atoms with Crippen LogP contribution in [0.1, 0.15) is 30.3 Å². The highest BCUT2D eigenvalue weighted by atomic mass is 16.1. The smallest absolute Gasteiger partial charge is 0.291 e. The van der Waals surface area contributed by atoms with Gasteiger partial charge in [0.25, 0.3) is 0 Å². The number of rotatable bonds is 7. The summed E-state index contributed by atoms with van der Waals surface area (Å²) < 4.78 is 3.71. The topological polar surface area (TPSA) is 94.3 Å². The van der Waals surface area contributed by atoms with Crippen molar-refractivity contribution in [2.45, 2.75) is 33.2 Å². The Bertz CT molecular complexity index is 1450. The molecule has 3 heterocycles. The van der Waals surface area contributed by atoms with E-state index in [0.29, 0.717) is 18.1 Å². The fraction of sp³-hybridized carbons (Fsp3) is 0.192. The zero-order valence-electron chi connectivity index (χ0n) is 19.1. The van der Waals surface area contributed by atoms with E-state index in [-0.39, 0.29) is 5.69 Å². The van der Waals surface area contributed by atoms with Gasteiger partial charge in [-0.25, -0.2) is 9.89 Å². The van der Waals surface area contributed by atoms with Crippen molar-refractivity contribution in [3.05, 3.63) is 100 Å². The minimum atomic E-state index is -0.0106. The van der Waals surface area contributed by atoms with Crippen molar-refractivity contribution in [1.29, 1.82) is 0 Å². The number of nitrogens with zero attached hydrogens (tertiary/aromatic N) is 6. The maximum Gasteiger partial charge on any atom is 0.333 e. The first-order valence-corrected chi connectivity index (χ1v) is 11.3. The highest BCUT2D eigenvalue weighted by Crippen LogP contribution is 2.28. The van der Waals surface area contributed by atoms with Crippen LogP contribution in [0.2, 0.25) is 0 Å². The molecule has 3 aromatic heterocycles. The molecule has 0 fully saturated rings. The summed E-state index contributed by atoms with van der Waals surface area (Å²) in [5.41, 5.74) is 6.64. The summed E-state index contributed by atoms with van der Waals surface area (Å²) >= 11 is 0. The van der Waals surface area contributed by atoms with E-state index in [1.165, 1.54) is 0 Å². The van der Waals surface area contributed by atoms with Gasteiger partial charge in [0.1, 0.15) is 5.69 Å². The lowest BCUT2D eigenvalue weighted by molar-refractivity contribution is 0.691. The Labute approximate surface area is 196 Å². The van der Waals surface area contributed by atoms with E-state index in [9.17, 15) is 4.79 Å². The predicted molar refractivity (Wildman–Crippen MR) is 131 cm³/mol. The summed E-state index contributed by atoms with van der Waals surface area (Å²) in [5, 5.41) is 14.1. The van der Waals surface area contributed by atoms with E-state index in [1.807, 2.05) is 70.7 Å². The summed E-state index contributed by atoms with van der Waals surface area (Å²) in [7, 11) is 0. The van der Waals surface area contributed by atoms with Crippen LogP contribution in [0.25, 0.3) is 28.3 Å². The molecule has 5 rings (SSSR count). The van der Waals surface area contributed by atoms with E-state index in [4.69, 9.17) is 0 Å². The van der Waals surface area contributed by atoms with Gasteiger partial charge < -0.3 is 0 Å². The molecule has 0 atom stereocenters. The van der Waals surface area contributed by atoms with Gasteiger partial charge in [0.2, 0.25) is 0 Å². The number of benzene rings is 2. The zero-order valence-corrected chi connectivity index (χ0v) is 19.1. The third-order valence-corrected chi connectivity index (χ3v) is 5.99. The second-order valence-electron chi connectivity index (χ2n) is 8.17. The number of para-hydroxylation sites is 1. The first-order valence-electron chi connectivity index (χ1n) is 11.3. The monoisotopic (exact) mass is 451 g/mol. The number of tetrazole rings is 1. The van der Waals surface area contributed by atoms with Crippen LogP contribution in [-0.2, 0) is 13.0 Å².